The predicted octanol–water partition coefficient (Wildman–Crippen LogP) is 1.82. The monoisotopic (exact) mass is 268 g/mol. The van der Waals surface area contributed by atoms with E-state index in [1.807, 2.05) is 6.07 Å². The molecule has 0 aromatic heterocycles. The zero-order chi connectivity index (χ0) is 13.9. The Balaban J connectivity index is 1.67. The van der Waals surface area contributed by atoms with Crippen LogP contribution in [0.5, 0.6) is 5.75 Å². The molecule has 3 rings (SSSR count). The summed E-state index contributed by atoms with van der Waals surface area (Å²) in [5.74, 6) is 1.45. The van der Waals surface area contributed by atoms with Gasteiger partial charge >= 0.3 is 7.12 Å². The van der Waals surface area contributed by atoms with Crippen LogP contribution in [0.4, 0.5) is 0 Å². The van der Waals surface area contributed by atoms with Gasteiger partial charge in [0.1, 0.15) is 12.4 Å². The van der Waals surface area contributed by atoms with Crippen molar-refractivity contribution >= 4 is 12.6 Å². The zero-order valence-corrected chi connectivity index (χ0v) is 11.2. The Kier molecular flexibility index (Phi) is 3.76. The van der Waals surface area contributed by atoms with Gasteiger partial charge in [0.05, 0.1) is 0 Å². The maximum atomic E-state index is 9.04. The van der Waals surface area contributed by atoms with Crippen LogP contribution in [0.1, 0.15) is 29.9 Å². The summed E-state index contributed by atoms with van der Waals surface area (Å²) in [6.07, 6.45) is 2.56. The van der Waals surface area contributed by atoms with Gasteiger partial charge in [-0.05, 0) is 47.5 Å². The van der Waals surface area contributed by atoms with Crippen molar-refractivity contribution in [3.05, 3.63) is 59.7 Å². The summed E-state index contributed by atoms with van der Waals surface area (Å²) in [4.78, 5) is 0. The van der Waals surface area contributed by atoms with Gasteiger partial charge < -0.3 is 14.8 Å². The van der Waals surface area contributed by atoms with E-state index in [-0.39, 0.29) is 0 Å². The van der Waals surface area contributed by atoms with E-state index in [0.717, 1.165) is 5.75 Å². The first kappa shape index (κ1) is 13.2. The average molecular weight is 268 g/mol. The van der Waals surface area contributed by atoms with Crippen molar-refractivity contribution in [2.24, 2.45) is 0 Å². The molecule has 2 aromatic rings. The van der Waals surface area contributed by atoms with Crippen LogP contribution >= 0.6 is 0 Å². The molecule has 0 bridgehead atoms. The summed E-state index contributed by atoms with van der Waals surface area (Å²) >= 11 is 0. The third-order valence-electron chi connectivity index (χ3n) is 3.64. The van der Waals surface area contributed by atoms with Gasteiger partial charge in [-0.15, -0.1) is 0 Å². The molecule has 1 aliphatic carbocycles. The highest BCUT2D eigenvalue weighted by atomic mass is 16.5. The minimum Gasteiger partial charge on any atom is -0.489 e. The fourth-order valence-electron chi connectivity index (χ4n) is 2.36. The summed E-state index contributed by atoms with van der Waals surface area (Å²) in [5, 5.41) is 18.1. The second kappa shape index (κ2) is 5.69. The van der Waals surface area contributed by atoms with E-state index in [4.69, 9.17) is 14.8 Å². The van der Waals surface area contributed by atoms with E-state index >= 15 is 0 Å². The lowest BCUT2D eigenvalue weighted by Gasteiger charge is -2.11. The molecule has 20 heavy (non-hydrogen) atoms. The maximum Gasteiger partial charge on any atom is 0.488 e. The predicted molar refractivity (Wildman–Crippen MR) is 79.0 cm³/mol. The summed E-state index contributed by atoms with van der Waals surface area (Å²) < 4.78 is 5.78. The number of ether oxygens (including phenoxy) is 1. The largest absolute Gasteiger partial charge is 0.489 e. The van der Waals surface area contributed by atoms with E-state index in [2.05, 4.69) is 18.2 Å². The van der Waals surface area contributed by atoms with Crippen LogP contribution in [0.2, 0.25) is 0 Å². The van der Waals surface area contributed by atoms with Crippen LogP contribution in [-0.2, 0) is 6.61 Å². The van der Waals surface area contributed by atoms with Gasteiger partial charge in [0.2, 0.25) is 0 Å². The molecule has 4 heteroatoms. The van der Waals surface area contributed by atoms with Gasteiger partial charge in [0.25, 0.3) is 0 Å². The Hall–Kier alpha value is -1.78. The van der Waals surface area contributed by atoms with E-state index in [1.54, 1.807) is 24.3 Å². The highest BCUT2D eigenvalue weighted by Gasteiger charge is 2.25. The second-order valence-corrected chi connectivity index (χ2v) is 5.20. The van der Waals surface area contributed by atoms with E-state index in [9.17, 15) is 0 Å². The SMILES string of the molecule is OB(O)c1ccc(OCc2ccccc2C2CC2)cc1. The van der Waals surface area contributed by atoms with Crippen LogP contribution in [0, 0.1) is 0 Å². The van der Waals surface area contributed by atoms with Crippen LogP contribution in [0.15, 0.2) is 48.5 Å². The number of benzene rings is 2. The van der Waals surface area contributed by atoms with Crippen molar-refractivity contribution < 1.29 is 14.8 Å². The highest BCUT2D eigenvalue weighted by Crippen LogP contribution is 2.41. The molecule has 2 aromatic carbocycles. The van der Waals surface area contributed by atoms with Gasteiger partial charge in [-0.3, -0.25) is 0 Å². The first-order valence-corrected chi connectivity index (χ1v) is 6.91. The van der Waals surface area contributed by atoms with Crippen molar-refractivity contribution in [2.45, 2.75) is 25.4 Å². The molecular formula is C16H17BO3. The smallest absolute Gasteiger partial charge is 0.488 e. The third-order valence-corrected chi connectivity index (χ3v) is 3.64. The summed E-state index contributed by atoms with van der Waals surface area (Å²) in [7, 11) is -1.43. The van der Waals surface area contributed by atoms with Gasteiger partial charge in [0, 0.05) is 0 Å². The Morgan fingerprint density at radius 3 is 2.35 bits per heavy atom. The molecule has 0 spiro atoms. The van der Waals surface area contributed by atoms with Crippen LogP contribution in [-0.4, -0.2) is 17.2 Å². The molecule has 0 radical (unpaired) electrons. The van der Waals surface area contributed by atoms with Crippen molar-refractivity contribution in [1.82, 2.24) is 0 Å². The summed E-state index contributed by atoms with van der Waals surface area (Å²) in [5.41, 5.74) is 3.10. The first-order valence-electron chi connectivity index (χ1n) is 6.91. The van der Waals surface area contributed by atoms with Gasteiger partial charge in [-0.25, -0.2) is 0 Å². The molecule has 0 heterocycles. The topological polar surface area (TPSA) is 49.7 Å². The first-order chi connectivity index (χ1) is 9.74. The molecule has 1 fully saturated rings. The minimum atomic E-state index is -1.43. The lowest BCUT2D eigenvalue weighted by Crippen LogP contribution is -2.29. The standard InChI is InChI=1S/C16H17BO3/c18-17(19)14-7-9-15(10-8-14)20-11-13-3-1-2-4-16(13)12-5-6-12/h1-4,7-10,12,18-19H,5-6,11H2. The Morgan fingerprint density at radius 1 is 1.00 bits per heavy atom. The fraction of sp³-hybridized carbons (Fsp3) is 0.250. The lowest BCUT2D eigenvalue weighted by molar-refractivity contribution is 0.305. The van der Waals surface area contributed by atoms with Crippen molar-refractivity contribution in [3.63, 3.8) is 0 Å². The highest BCUT2D eigenvalue weighted by molar-refractivity contribution is 6.58. The van der Waals surface area contributed by atoms with Gasteiger partial charge in [-0.1, -0.05) is 36.4 Å². The third kappa shape index (κ3) is 3.03. The molecule has 102 valence electrons. The molecule has 2 N–H and O–H groups in total. The number of hydrogen-bond acceptors (Lipinski definition) is 3. The molecule has 3 nitrogen and oxygen atoms in total. The van der Waals surface area contributed by atoms with E-state index < -0.39 is 7.12 Å². The summed E-state index contributed by atoms with van der Waals surface area (Å²) in [6.45, 7) is 0.549. The van der Waals surface area contributed by atoms with E-state index in [1.165, 1.54) is 24.0 Å². The van der Waals surface area contributed by atoms with Crippen LogP contribution in [0.3, 0.4) is 0 Å². The molecule has 1 aliphatic rings. The van der Waals surface area contributed by atoms with Crippen molar-refractivity contribution in [3.8, 4) is 5.75 Å². The average Bonchev–Trinajstić information content (AvgIpc) is 3.30. The van der Waals surface area contributed by atoms with Crippen LogP contribution < -0.4 is 10.2 Å². The number of rotatable bonds is 5. The molecule has 0 amide bonds. The molecule has 1 saturated carbocycles. The lowest BCUT2D eigenvalue weighted by atomic mass is 9.80. The van der Waals surface area contributed by atoms with Crippen molar-refractivity contribution in [1.29, 1.82) is 0 Å². The van der Waals surface area contributed by atoms with Crippen molar-refractivity contribution in [2.75, 3.05) is 0 Å². The fourth-order valence-corrected chi connectivity index (χ4v) is 2.36. The maximum absolute atomic E-state index is 9.04. The second-order valence-electron chi connectivity index (χ2n) is 5.20. The Labute approximate surface area is 119 Å². The van der Waals surface area contributed by atoms with Gasteiger partial charge in [-0.2, -0.15) is 0 Å². The Morgan fingerprint density at radius 2 is 1.70 bits per heavy atom. The van der Waals surface area contributed by atoms with Crippen LogP contribution in [0.25, 0.3) is 0 Å². The number of hydrogen-bond donors (Lipinski definition) is 2. The quantitative estimate of drug-likeness (QED) is 0.813. The van der Waals surface area contributed by atoms with Gasteiger partial charge in [0.15, 0.2) is 0 Å². The normalized spacial score (nSPS) is 14.1. The summed E-state index contributed by atoms with van der Waals surface area (Å²) in [6, 6.07) is 15.2. The zero-order valence-electron chi connectivity index (χ0n) is 11.2. The minimum absolute atomic E-state index is 0.468. The Bertz CT molecular complexity index is 577. The molecule has 0 unspecified atom stereocenters. The molecular weight excluding hydrogens is 251 g/mol. The molecule has 0 aliphatic heterocycles. The molecule has 0 atom stereocenters. The van der Waals surface area contributed by atoms with E-state index in [0.29, 0.717) is 18.0 Å². The molecule has 0 saturated heterocycles.